The number of hydrogen-bond acceptors (Lipinski definition) is 3. The van der Waals surface area contributed by atoms with Crippen LogP contribution in [-0.4, -0.2) is 30.8 Å². The topological polar surface area (TPSA) is 58.6 Å². The van der Waals surface area contributed by atoms with Crippen molar-refractivity contribution in [2.75, 3.05) is 25.1 Å². The molecule has 0 aliphatic carbocycles. The van der Waals surface area contributed by atoms with Gasteiger partial charge in [0.1, 0.15) is 5.82 Å². The fourth-order valence-corrected chi connectivity index (χ4v) is 2.22. The number of carbonyl (C=O) groups is 1. The molecule has 0 atom stereocenters. The third-order valence-corrected chi connectivity index (χ3v) is 3.64. The first-order valence-electron chi connectivity index (χ1n) is 6.35. The minimum atomic E-state index is -1.13. The summed E-state index contributed by atoms with van der Waals surface area (Å²) in [4.78, 5) is 11.1. The first-order chi connectivity index (χ1) is 9.02. The van der Waals surface area contributed by atoms with Gasteiger partial charge in [0, 0.05) is 19.8 Å². The minimum absolute atomic E-state index is 0.0102. The lowest BCUT2D eigenvalue weighted by molar-refractivity contribution is 0.0299. The molecular weight excluding hydrogens is 249 g/mol. The Labute approximate surface area is 111 Å². The number of halogens is 1. The normalized spacial score (nSPS) is 18.0. The van der Waals surface area contributed by atoms with Crippen molar-refractivity contribution in [2.24, 2.45) is 5.41 Å². The van der Waals surface area contributed by atoms with Gasteiger partial charge in [-0.15, -0.1) is 0 Å². The molecule has 2 N–H and O–H groups in total. The van der Waals surface area contributed by atoms with Crippen LogP contribution >= 0.6 is 0 Å². The first-order valence-corrected chi connectivity index (χ1v) is 6.35. The summed E-state index contributed by atoms with van der Waals surface area (Å²) in [6.07, 6.45) is 1.77. The summed E-state index contributed by atoms with van der Waals surface area (Å²) in [5.74, 6) is -1.66. The molecule has 0 aromatic heterocycles. The van der Waals surface area contributed by atoms with Crippen molar-refractivity contribution in [1.29, 1.82) is 0 Å². The highest BCUT2D eigenvalue weighted by molar-refractivity contribution is 5.94. The third kappa shape index (κ3) is 3.23. The van der Waals surface area contributed by atoms with Crippen LogP contribution in [0.2, 0.25) is 0 Å². The van der Waals surface area contributed by atoms with Crippen LogP contribution in [0.4, 0.5) is 10.1 Å². The van der Waals surface area contributed by atoms with Crippen molar-refractivity contribution < 1.29 is 19.0 Å². The van der Waals surface area contributed by atoms with Gasteiger partial charge in [0.15, 0.2) is 0 Å². The molecule has 1 aliphatic rings. The number of aromatic carboxylic acids is 1. The van der Waals surface area contributed by atoms with Gasteiger partial charge in [-0.25, -0.2) is 9.18 Å². The van der Waals surface area contributed by atoms with E-state index in [-0.39, 0.29) is 16.7 Å². The van der Waals surface area contributed by atoms with Gasteiger partial charge in [-0.2, -0.15) is 0 Å². The van der Waals surface area contributed by atoms with Gasteiger partial charge in [-0.1, -0.05) is 13.0 Å². The molecule has 1 aromatic carbocycles. The molecular formula is C14H18FNO3. The molecule has 104 valence electrons. The molecule has 0 amide bonds. The monoisotopic (exact) mass is 267 g/mol. The standard InChI is InChI=1S/C14H18FNO3/c1-14(5-7-19-8-6-14)9-16-12-10(13(17)18)3-2-4-11(12)15/h2-4,16H,5-9H2,1H3,(H,17,18). The predicted molar refractivity (Wildman–Crippen MR) is 70.0 cm³/mol. The number of anilines is 1. The van der Waals surface area contributed by atoms with E-state index in [1.54, 1.807) is 0 Å². The number of rotatable bonds is 4. The average Bonchev–Trinajstić information content (AvgIpc) is 2.38. The van der Waals surface area contributed by atoms with Crippen molar-refractivity contribution in [3.63, 3.8) is 0 Å². The van der Waals surface area contributed by atoms with Gasteiger partial charge in [0.05, 0.1) is 11.3 Å². The maximum Gasteiger partial charge on any atom is 0.337 e. The Morgan fingerprint density at radius 1 is 1.47 bits per heavy atom. The second-order valence-corrected chi connectivity index (χ2v) is 5.24. The second-order valence-electron chi connectivity index (χ2n) is 5.24. The third-order valence-electron chi connectivity index (χ3n) is 3.64. The van der Waals surface area contributed by atoms with Crippen LogP contribution in [-0.2, 0) is 4.74 Å². The van der Waals surface area contributed by atoms with Gasteiger partial charge in [-0.05, 0) is 30.4 Å². The summed E-state index contributed by atoms with van der Waals surface area (Å²) < 4.78 is 19.0. The van der Waals surface area contributed by atoms with Crippen LogP contribution in [0.3, 0.4) is 0 Å². The van der Waals surface area contributed by atoms with E-state index in [9.17, 15) is 9.18 Å². The van der Waals surface area contributed by atoms with E-state index in [0.717, 1.165) is 12.8 Å². The zero-order chi connectivity index (χ0) is 13.9. The largest absolute Gasteiger partial charge is 0.478 e. The lowest BCUT2D eigenvalue weighted by atomic mass is 9.82. The molecule has 1 heterocycles. The second kappa shape index (κ2) is 5.57. The Kier molecular flexibility index (Phi) is 4.04. The molecule has 0 radical (unpaired) electrons. The molecule has 1 fully saturated rings. The van der Waals surface area contributed by atoms with E-state index in [2.05, 4.69) is 12.2 Å². The summed E-state index contributed by atoms with van der Waals surface area (Å²) >= 11 is 0. The van der Waals surface area contributed by atoms with Crippen molar-refractivity contribution in [3.8, 4) is 0 Å². The van der Waals surface area contributed by atoms with E-state index in [1.807, 2.05) is 0 Å². The highest BCUT2D eigenvalue weighted by Gasteiger charge is 2.28. The summed E-state index contributed by atoms with van der Waals surface area (Å²) in [5, 5.41) is 12.0. The van der Waals surface area contributed by atoms with Crippen molar-refractivity contribution in [2.45, 2.75) is 19.8 Å². The van der Waals surface area contributed by atoms with Crippen LogP contribution in [0, 0.1) is 11.2 Å². The lowest BCUT2D eigenvalue weighted by Gasteiger charge is -2.34. The summed E-state index contributed by atoms with van der Waals surface area (Å²) in [5.41, 5.74) is 0.0504. The maximum absolute atomic E-state index is 13.7. The molecule has 0 unspecified atom stereocenters. The number of carboxylic acids is 1. The molecule has 1 aliphatic heterocycles. The zero-order valence-electron chi connectivity index (χ0n) is 10.9. The Hall–Kier alpha value is -1.62. The van der Waals surface area contributed by atoms with Crippen molar-refractivity contribution in [1.82, 2.24) is 0 Å². The van der Waals surface area contributed by atoms with Gasteiger partial charge in [-0.3, -0.25) is 0 Å². The SMILES string of the molecule is CC1(CNc2c(F)cccc2C(=O)O)CCOCC1. The zero-order valence-corrected chi connectivity index (χ0v) is 10.9. The molecule has 0 saturated carbocycles. The first kappa shape index (κ1) is 13.8. The van der Waals surface area contributed by atoms with Gasteiger partial charge < -0.3 is 15.2 Å². The quantitative estimate of drug-likeness (QED) is 0.880. The van der Waals surface area contributed by atoms with Gasteiger partial charge in [0.2, 0.25) is 0 Å². The van der Waals surface area contributed by atoms with Crippen LogP contribution < -0.4 is 5.32 Å². The van der Waals surface area contributed by atoms with Crippen LogP contribution in [0.1, 0.15) is 30.1 Å². The van der Waals surface area contributed by atoms with E-state index in [4.69, 9.17) is 9.84 Å². The highest BCUT2D eigenvalue weighted by atomic mass is 19.1. The molecule has 4 nitrogen and oxygen atoms in total. The molecule has 2 rings (SSSR count). The Bertz CT molecular complexity index is 470. The lowest BCUT2D eigenvalue weighted by Crippen LogP contribution is -2.33. The minimum Gasteiger partial charge on any atom is -0.478 e. The fraction of sp³-hybridized carbons (Fsp3) is 0.500. The molecule has 5 heteroatoms. The van der Waals surface area contributed by atoms with Crippen molar-refractivity contribution in [3.05, 3.63) is 29.6 Å². The Morgan fingerprint density at radius 2 is 2.16 bits per heavy atom. The van der Waals surface area contributed by atoms with Crippen LogP contribution in [0.25, 0.3) is 0 Å². The summed E-state index contributed by atoms with van der Waals surface area (Å²) in [6.45, 7) is 4.03. The molecule has 19 heavy (non-hydrogen) atoms. The number of para-hydroxylation sites is 1. The maximum atomic E-state index is 13.7. The van der Waals surface area contributed by atoms with Crippen LogP contribution in [0.15, 0.2) is 18.2 Å². The van der Waals surface area contributed by atoms with Crippen LogP contribution in [0.5, 0.6) is 0 Å². The Balaban J connectivity index is 2.12. The van der Waals surface area contributed by atoms with Crippen molar-refractivity contribution >= 4 is 11.7 Å². The molecule has 0 spiro atoms. The highest BCUT2D eigenvalue weighted by Crippen LogP contribution is 2.31. The smallest absolute Gasteiger partial charge is 0.337 e. The van der Waals surface area contributed by atoms with E-state index >= 15 is 0 Å². The van der Waals surface area contributed by atoms with Gasteiger partial charge >= 0.3 is 5.97 Å². The fourth-order valence-electron chi connectivity index (χ4n) is 2.22. The number of ether oxygens (including phenoxy) is 1. The summed E-state index contributed by atoms with van der Waals surface area (Å²) in [7, 11) is 0. The van der Waals surface area contributed by atoms with Gasteiger partial charge in [0.25, 0.3) is 0 Å². The Morgan fingerprint density at radius 3 is 2.79 bits per heavy atom. The van der Waals surface area contributed by atoms with E-state index in [1.165, 1.54) is 18.2 Å². The molecule has 1 saturated heterocycles. The molecule has 0 bridgehead atoms. The number of hydrogen-bond donors (Lipinski definition) is 2. The number of nitrogens with one attached hydrogen (secondary N) is 1. The molecule has 1 aromatic rings. The van der Waals surface area contributed by atoms with E-state index in [0.29, 0.717) is 19.8 Å². The average molecular weight is 267 g/mol. The summed E-state index contributed by atoms with van der Waals surface area (Å²) in [6, 6.07) is 4.07. The predicted octanol–water partition coefficient (Wildman–Crippen LogP) is 2.75. The number of carboxylic acid groups (broad SMARTS) is 1. The number of benzene rings is 1. The van der Waals surface area contributed by atoms with E-state index < -0.39 is 11.8 Å².